The van der Waals surface area contributed by atoms with Gasteiger partial charge in [0.15, 0.2) is 0 Å². The van der Waals surface area contributed by atoms with Crippen molar-refractivity contribution in [2.45, 2.75) is 13.8 Å². The summed E-state index contributed by atoms with van der Waals surface area (Å²) < 4.78 is 77.5. The molecule has 0 aliphatic heterocycles. The Labute approximate surface area is 103 Å². The summed E-state index contributed by atoms with van der Waals surface area (Å²) in [4.78, 5) is 12.4. The second-order valence-electron chi connectivity index (χ2n) is 2.85. The van der Waals surface area contributed by atoms with Gasteiger partial charge in [0, 0.05) is 22.0 Å². The monoisotopic (exact) mass is 209 g/mol. The summed E-state index contributed by atoms with van der Waals surface area (Å²) in [5.41, 5.74) is -2.57. The Kier molecular flexibility index (Phi) is 0.831. The normalized spacial score (nSPS) is 20.6. The molecule has 2 rings (SSSR count). The van der Waals surface area contributed by atoms with Crippen LogP contribution in [0.3, 0.4) is 0 Å². The van der Waals surface area contributed by atoms with Crippen LogP contribution >= 0.6 is 0 Å². The van der Waals surface area contributed by atoms with E-state index in [1.165, 1.54) is 6.92 Å². The Bertz CT molecular complexity index is 915. The van der Waals surface area contributed by atoms with Gasteiger partial charge >= 0.3 is 0 Å². The molecule has 0 atom stereocenters. The van der Waals surface area contributed by atoms with Crippen molar-refractivity contribution in [2.24, 2.45) is 0 Å². The molecular weight excluding hydrogens is 186 g/mol. The first kappa shape index (κ1) is 3.34. The lowest BCUT2D eigenvalue weighted by molar-refractivity contribution is 0.966. The molecule has 0 saturated heterocycles. The molecule has 0 aliphatic carbocycles. The Morgan fingerprint density at radius 1 is 1.27 bits per heavy atom. The quantitative estimate of drug-likeness (QED) is 0.707. The highest BCUT2D eigenvalue weighted by Gasteiger charge is 2.01. The van der Waals surface area contributed by atoms with E-state index < -0.39 is 66.1 Å². The molecule has 2 heteroatoms. The lowest BCUT2D eigenvalue weighted by Crippen LogP contribution is -2.17. The highest BCUT2D eigenvalue weighted by Crippen LogP contribution is 2.07. The predicted octanol–water partition coefficient (Wildman–Crippen LogP) is 2.45. The second-order valence-corrected chi connectivity index (χ2v) is 2.85. The number of rotatable bonds is 1. The standard InChI is InChI=1S/C13H13NO/c1-10-8-13(15)14(9-11(10)2)12-6-4-3-5-7-12/h3-9H,1-2H3/i2D3,3D,4D,5D,6D,7D,8D,9D. The predicted molar refractivity (Wildman–Crippen MR) is 61.5 cm³/mol. The minimum absolute atomic E-state index is 0.210. The fourth-order valence-corrected chi connectivity index (χ4v) is 1.04. The molecule has 0 aliphatic rings. The third-order valence-electron chi connectivity index (χ3n) is 1.81. The molecule has 0 N–H and O–H groups in total. The van der Waals surface area contributed by atoms with E-state index >= 15 is 0 Å². The lowest BCUT2D eigenvalue weighted by Gasteiger charge is -2.07. The molecule has 2 aromatic rings. The molecule has 0 spiro atoms. The van der Waals surface area contributed by atoms with E-state index in [-0.39, 0.29) is 5.56 Å². The van der Waals surface area contributed by atoms with Crippen LogP contribution in [0, 0.1) is 13.8 Å². The van der Waals surface area contributed by atoms with Crippen LogP contribution in [0.5, 0.6) is 0 Å². The first-order chi connectivity index (χ1) is 11.3. The molecule has 0 radical (unpaired) electrons. The Morgan fingerprint density at radius 3 is 2.67 bits per heavy atom. The summed E-state index contributed by atoms with van der Waals surface area (Å²) in [5, 5.41) is 0. The largest absolute Gasteiger partial charge is 0.284 e. The molecule has 1 heterocycles. The van der Waals surface area contributed by atoms with Crippen molar-refractivity contribution in [3.63, 3.8) is 0 Å². The van der Waals surface area contributed by atoms with Gasteiger partial charge in [-0.1, -0.05) is 18.1 Å². The van der Waals surface area contributed by atoms with Gasteiger partial charge in [-0.25, -0.2) is 0 Å². The Morgan fingerprint density at radius 2 is 2.00 bits per heavy atom. The molecule has 2 nitrogen and oxygen atoms in total. The van der Waals surface area contributed by atoms with Gasteiger partial charge in [-0.2, -0.15) is 0 Å². The molecule has 0 fully saturated rings. The SMILES string of the molecule is [2H]c1c([2H])c([2H])c(-n2c([2H])c(C([2H])([2H])[2H])c(C)c([2H])c2=O)c([2H])c1[2H]. The highest BCUT2D eigenvalue weighted by atomic mass is 16.1. The third kappa shape index (κ3) is 1.84. The van der Waals surface area contributed by atoms with Crippen molar-refractivity contribution in [3.8, 4) is 5.69 Å². The molecule has 1 aromatic carbocycles. The fraction of sp³-hybridized carbons (Fsp3) is 0.154. The lowest BCUT2D eigenvalue weighted by atomic mass is 10.2. The summed E-state index contributed by atoms with van der Waals surface area (Å²) in [6, 6.07) is -4.39. The number of nitrogens with zero attached hydrogens (tertiary/aromatic N) is 1. The van der Waals surface area contributed by atoms with E-state index in [4.69, 9.17) is 13.7 Å². The molecule has 0 amide bonds. The number of hydrogen-bond donors (Lipinski definition) is 0. The van der Waals surface area contributed by atoms with Crippen LogP contribution in [0.4, 0.5) is 0 Å². The molecule has 1 aromatic heterocycles. The number of hydrogen-bond acceptors (Lipinski definition) is 1. The fourth-order valence-electron chi connectivity index (χ4n) is 1.04. The molecule has 0 bridgehead atoms. The molecule has 0 saturated carbocycles. The Balaban J connectivity index is 3.12. The van der Waals surface area contributed by atoms with E-state index in [1.807, 2.05) is 0 Å². The number of benzene rings is 1. The summed E-state index contributed by atoms with van der Waals surface area (Å²) in [5.74, 6) is 0. The first-order valence-corrected chi connectivity index (χ1v) is 4.12. The van der Waals surface area contributed by atoms with E-state index in [0.29, 0.717) is 4.57 Å². The van der Waals surface area contributed by atoms with Crippen LogP contribution in [-0.4, -0.2) is 4.57 Å². The van der Waals surface area contributed by atoms with Crippen molar-refractivity contribution in [1.29, 1.82) is 0 Å². The summed E-state index contributed by atoms with van der Waals surface area (Å²) in [7, 11) is 0. The average molecular weight is 209 g/mol. The van der Waals surface area contributed by atoms with Gasteiger partial charge in [0.05, 0.1) is 9.60 Å². The number of pyridine rings is 1. The zero-order valence-corrected chi connectivity index (χ0v) is 7.86. The topological polar surface area (TPSA) is 22.0 Å². The van der Waals surface area contributed by atoms with Crippen molar-refractivity contribution in [1.82, 2.24) is 4.57 Å². The molecule has 76 valence electrons. The van der Waals surface area contributed by atoms with E-state index in [0.717, 1.165) is 0 Å². The van der Waals surface area contributed by atoms with Crippen LogP contribution in [0.2, 0.25) is 0 Å². The summed E-state index contributed by atoms with van der Waals surface area (Å²) in [6.45, 7) is -1.60. The van der Waals surface area contributed by atoms with Gasteiger partial charge in [0.2, 0.25) is 0 Å². The highest BCUT2D eigenvalue weighted by molar-refractivity contribution is 5.34. The molecular formula is C13H13NO. The van der Waals surface area contributed by atoms with Gasteiger partial charge in [-0.05, 0) is 37.0 Å². The minimum atomic E-state index is -2.82. The smallest absolute Gasteiger partial charge is 0.255 e. The van der Waals surface area contributed by atoms with Crippen LogP contribution in [0.1, 0.15) is 24.8 Å². The van der Waals surface area contributed by atoms with Crippen molar-refractivity contribution >= 4 is 0 Å². The van der Waals surface area contributed by atoms with Crippen LogP contribution in [0.25, 0.3) is 5.69 Å². The van der Waals surface area contributed by atoms with Crippen molar-refractivity contribution in [2.75, 3.05) is 0 Å². The molecule has 0 unspecified atom stereocenters. The van der Waals surface area contributed by atoms with Gasteiger partial charge in [-0.3, -0.25) is 9.36 Å². The van der Waals surface area contributed by atoms with Crippen LogP contribution in [0.15, 0.2) is 47.2 Å². The number of aromatic nitrogens is 1. The molecule has 15 heavy (non-hydrogen) atoms. The van der Waals surface area contributed by atoms with Crippen LogP contribution in [-0.2, 0) is 0 Å². The third-order valence-corrected chi connectivity index (χ3v) is 1.81. The van der Waals surface area contributed by atoms with Gasteiger partial charge in [0.25, 0.3) is 5.56 Å². The van der Waals surface area contributed by atoms with Gasteiger partial charge in [-0.15, -0.1) is 0 Å². The van der Waals surface area contributed by atoms with E-state index in [1.54, 1.807) is 0 Å². The maximum Gasteiger partial charge on any atom is 0.255 e. The van der Waals surface area contributed by atoms with Gasteiger partial charge in [0.1, 0.15) is 0 Å². The first-order valence-electron chi connectivity index (χ1n) is 9.12. The summed E-state index contributed by atoms with van der Waals surface area (Å²) in [6.07, 6.45) is -0.836. The van der Waals surface area contributed by atoms with Gasteiger partial charge < -0.3 is 0 Å². The minimum Gasteiger partial charge on any atom is -0.284 e. The Hall–Kier alpha value is -1.83. The number of para-hydroxylation sites is 1. The van der Waals surface area contributed by atoms with Crippen LogP contribution < -0.4 is 5.56 Å². The van der Waals surface area contributed by atoms with E-state index in [2.05, 4.69) is 0 Å². The zero-order valence-electron chi connectivity index (χ0n) is 17.9. The average Bonchev–Trinajstić information content (AvgIpc) is 2.51. The van der Waals surface area contributed by atoms with E-state index in [9.17, 15) is 4.79 Å². The summed E-state index contributed by atoms with van der Waals surface area (Å²) >= 11 is 0. The van der Waals surface area contributed by atoms with Crippen molar-refractivity contribution < 1.29 is 13.7 Å². The zero-order chi connectivity index (χ0) is 19.4. The maximum absolute atomic E-state index is 12.4. The van der Waals surface area contributed by atoms with Crippen molar-refractivity contribution in [3.05, 3.63) is 63.9 Å². The maximum atomic E-state index is 12.4. The second kappa shape index (κ2) is 3.73.